The Morgan fingerprint density at radius 3 is 2.80 bits per heavy atom. The molecule has 0 unspecified atom stereocenters. The predicted molar refractivity (Wildman–Crippen MR) is 58.6 cm³/mol. The average Bonchev–Trinajstić information content (AvgIpc) is 2.18. The van der Waals surface area contributed by atoms with E-state index in [1.165, 1.54) is 0 Å². The van der Waals surface area contributed by atoms with Gasteiger partial charge in [-0.1, -0.05) is 24.6 Å². The number of carboxylic acids is 1. The van der Waals surface area contributed by atoms with Gasteiger partial charge in [0.2, 0.25) is 0 Å². The van der Waals surface area contributed by atoms with Crippen LogP contribution in [0.5, 0.6) is 5.75 Å². The van der Waals surface area contributed by atoms with Crippen LogP contribution in [0, 0.1) is 0 Å². The lowest BCUT2D eigenvalue weighted by Crippen LogP contribution is -2.01. The zero-order valence-electron chi connectivity index (χ0n) is 8.50. The van der Waals surface area contributed by atoms with E-state index in [0.717, 1.165) is 6.42 Å². The number of hydrogen-bond donors (Lipinski definition) is 1. The normalized spacial score (nSPS) is 10.0. The predicted octanol–water partition coefficient (Wildman–Crippen LogP) is 2.76. The van der Waals surface area contributed by atoms with Gasteiger partial charge in [0, 0.05) is 5.02 Å². The Morgan fingerprint density at radius 1 is 1.53 bits per heavy atom. The minimum Gasteiger partial charge on any atom is -0.494 e. The first-order valence-corrected chi connectivity index (χ1v) is 5.14. The average molecular weight is 229 g/mol. The summed E-state index contributed by atoms with van der Waals surface area (Å²) >= 11 is 5.91. The number of aliphatic carboxylic acids is 1. The molecule has 0 heterocycles. The van der Waals surface area contributed by atoms with Crippen molar-refractivity contribution in [3.05, 3.63) is 28.8 Å². The fourth-order valence-corrected chi connectivity index (χ4v) is 1.38. The molecule has 1 aromatic rings. The third-order valence-electron chi connectivity index (χ3n) is 1.84. The van der Waals surface area contributed by atoms with Crippen LogP contribution < -0.4 is 4.74 Å². The van der Waals surface area contributed by atoms with Gasteiger partial charge in [-0.25, -0.2) is 0 Å². The lowest BCUT2D eigenvalue weighted by molar-refractivity contribution is -0.136. The largest absolute Gasteiger partial charge is 0.494 e. The van der Waals surface area contributed by atoms with Gasteiger partial charge in [0.25, 0.3) is 0 Å². The number of benzene rings is 1. The van der Waals surface area contributed by atoms with Crippen molar-refractivity contribution in [1.29, 1.82) is 0 Å². The molecule has 0 aliphatic heterocycles. The number of halogens is 1. The summed E-state index contributed by atoms with van der Waals surface area (Å²) in [7, 11) is 0. The summed E-state index contributed by atoms with van der Waals surface area (Å²) in [5.74, 6) is -0.213. The zero-order chi connectivity index (χ0) is 11.3. The van der Waals surface area contributed by atoms with Crippen molar-refractivity contribution >= 4 is 17.6 Å². The molecule has 0 radical (unpaired) electrons. The standard InChI is InChI=1S/C11H13ClO3/c1-2-5-15-9-4-3-8(6-11(13)14)10(12)7-9/h3-4,7H,2,5-6H2,1H3,(H,13,14). The SMILES string of the molecule is CCCOc1ccc(CC(=O)O)c(Cl)c1. The maximum atomic E-state index is 10.5. The van der Waals surface area contributed by atoms with Crippen LogP contribution in [-0.2, 0) is 11.2 Å². The lowest BCUT2D eigenvalue weighted by Gasteiger charge is -2.06. The number of carbonyl (C=O) groups is 1. The molecule has 0 aliphatic rings. The topological polar surface area (TPSA) is 46.5 Å². The van der Waals surface area contributed by atoms with Crippen LogP contribution in [0.1, 0.15) is 18.9 Å². The van der Waals surface area contributed by atoms with Gasteiger partial charge < -0.3 is 9.84 Å². The minimum absolute atomic E-state index is 0.0626. The van der Waals surface area contributed by atoms with Gasteiger partial charge in [0.15, 0.2) is 0 Å². The Kier molecular flexibility index (Phi) is 4.43. The number of rotatable bonds is 5. The molecular formula is C11H13ClO3. The van der Waals surface area contributed by atoms with Crippen LogP contribution in [0.15, 0.2) is 18.2 Å². The van der Waals surface area contributed by atoms with Gasteiger partial charge in [0.05, 0.1) is 13.0 Å². The molecule has 0 amide bonds. The number of carboxylic acid groups (broad SMARTS) is 1. The first-order valence-electron chi connectivity index (χ1n) is 4.76. The summed E-state index contributed by atoms with van der Waals surface area (Å²) < 4.78 is 5.36. The van der Waals surface area contributed by atoms with E-state index in [9.17, 15) is 4.79 Å². The molecule has 1 aromatic carbocycles. The molecule has 1 N–H and O–H groups in total. The molecular weight excluding hydrogens is 216 g/mol. The second kappa shape index (κ2) is 5.61. The molecule has 0 saturated carbocycles. The molecule has 82 valence electrons. The second-order valence-corrected chi connectivity index (χ2v) is 3.58. The molecule has 0 atom stereocenters. The monoisotopic (exact) mass is 228 g/mol. The molecule has 0 spiro atoms. The molecule has 15 heavy (non-hydrogen) atoms. The smallest absolute Gasteiger partial charge is 0.307 e. The fourth-order valence-electron chi connectivity index (χ4n) is 1.14. The molecule has 1 rings (SSSR count). The third-order valence-corrected chi connectivity index (χ3v) is 2.19. The molecule has 4 heteroatoms. The molecule has 0 bridgehead atoms. The van der Waals surface area contributed by atoms with Crippen LogP contribution >= 0.6 is 11.6 Å². The van der Waals surface area contributed by atoms with Gasteiger partial charge in [0.1, 0.15) is 5.75 Å². The van der Waals surface area contributed by atoms with Crippen molar-refractivity contribution in [2.45, 2.75) is 19.8 Å². The van der Waals surface area contributed by atoms with Crippen LogP contribution in [-0.4, -0.2) is 17.7 Å². The summed E-state index contributed by atoms with van der Waals surface area (Å²) in [6, 6.07) is 5.07. The van der Waals surface area contributed by atoms with E-state index in [2.05, 4.69) is 0 Å². The maximum Gasteiger partial charge on any atom is 0.307 e. The highest BCUT2D eigenvalue weighted by atomic mass is 35.5. The molecule has 0 aromatic heterocycles. The quantitative estimate of drug-likeness (QED) is 0.843. The molecule has 0 fully saturated rings. The van der Waals surface area contributed by atoms with E-state index in [4.69, 9.17) is 21.4 Å². The van der Waals surface area contributed by atoms with E-state index >= 15 is 0 Å². The molecule has 0 saturated heterocycles. The first-order chi connectivity index (χ1) is 7.13. The Hall–Kier alpha value is -1.22. The minimum atomic E-state index is -0.890. The van der Waals surface area contributed by atoms with Crippen LogP contribution in [0.25, 0.3) is 0 Å². The van der Waals surface area contributed by atoms with Crippen molar-refractivity contribution in [3.63, 3.8) is 0 Å². The Bertz CT molecular complexity index is 350. The van der Waals surface area contributed by atoms with Gasteiger partial charge in [-0.3, -0.25) is 4.79 Å². The van der Waals surface area contributed by atoms with Crippen LogP contribution in [0.3, 0.4) is 0 Å². The zero-order valence-corrected chi connectivity index (χ0v) is 9.25. The molecule has 0 aliphatic carbocycles. The number of hydrogen-bond acceptors (Lipinski definition) is 2. The van der Waals surface area contributed by atoms with Crippen LogP contribution in [0.2, 0.25) is 5.02 Å². The van der Waals surface area contributed by atoms with Crippen molar-refractivity contribution in [2.24, 2.45) is 0 Å². The van der Waals surface area contributed by atoms with Crippen LogP contribution in [0.4, 0.5) is 0 Å². The lowest BCUT2D eigenvalue weighted by atomic mass is 10.1. The van der Waals surface area contributed by atoms with Crippen molar-refractivity contribution in [2.75, 3.05) is 6.61 Å². The first kappa shape index (κ1) is 11.9. The van der Waals surface area contributed by atoms with E-state index in [1.54, 1.807) is 18.2 Å². The highest BCUT2D eigenvalue weighted by Gasteiger charge is 2.06. The Labute approximate surface area is 93.6 Å². The van der Waals surface area contributed by atoms with Crippen molar-refractivity contribution in [3.8, 4) is 5.75 Å². The summed E-state index contributed by atoms with van der Waals surface area (Å²) in [6.45, 7) is 2.65. The maximum absolute atomic E-state index is 10.5. The van der Waals surface area contributed by atoms with Gasteiger partial charge in [-0.05, 0) is 24.1 Å². The summed E-state index contributed by atoms with van der Waals surface area (Å²) in [5, 5.41) is 9.05. The van der Waals surface area contributed by atoms with Crippen molar-refractivity contribution in [1.82, 2.24) is 0 Å². The van der Waals surface area contributed by atoms with E-state index in [-0.39, 0.29) is 6.42 Å². The summed E-state index contributed by atoms with van der Waals surface area (Å²) in [6.07, 6.45) is 0.862. The summed E-state index contributed by atoms with van der Waals surface area (Å²) in [4.78, 5) is 10.5. The van der Waals surface area contributed by atoms with Crippen molar-refractivity contribution < 1.29 is 14.6 Å². The number of ether oxygens (including phenoxy) is 1. The Morgan fingerprint density at radius 2 is 2.27 bits per heavy atom. The fraction of sp³-hybridized carbons (Fsp3) is 0.364. The van der Waals surface area contributed by atoms with E-state index < -0.39 is 5.97 Å². The van der Waals surface area contributed by atoms with E-state index in [0.29, 0.717) is 22.9 Å². The summed E-state index contributed by atoms with van der Waals surface area (Å²) in [5.41, 5.74) is 0.605. The third kappa shape index (κ3) is 3.80. The highest BCUT2D eigenvalue weighted by molar-refractivity contribution is 6.31. The van der Waals surface area contributed by atoms with Gasteiger partial charge in [-0.15, -0.1) is 0 Å². The highest BCUT2D eigenvalue weighted by Crippen LogP contribution is 2.23. The van der Waals surface area contributed by atoms with Gasteiger partial charge in [-0.2, -0.15) is 0 Å². The molecule has 3 nitrogen and oxygen atoms in total. The second-order valence-electron chi connectivity index (χ2n) is 3.17. The van der Waals surface area contributed by atoms with E-state index in [1.807, 2.05) is 6.92 Å². The van der Waals surface area contributed by atoms with Gasteiger partial charge >= 0.3 is 5.97 Å². The Balaban J connectivity index is 2.74.